The fraction of sp³-hybridized carbons (Fsp3) is 0.133. The molecule has 0 aliphatic rings. The molecule has 5 heteroatoms. The van der Waals surface area contributed by atoms with Gasteiger partial charge in [0, 0.05) is 5.56 Å². The monoisotopic (exact) mass is 267 g/mol. The SMILES string of the molecule is Cc1noc(CNC(=O)c2ccc3ccccc3c2)n1. The summed E-state index contributed by atoms with van der Waals surface area (Å²) in [6, 6.07) is 13.5. The predicted molar refractivity (Wildman–Crippen MR) is 74.2 cm³/mol. The van der Waals surface area contributed by atoms with Gasteiger partial charge in [0.1, 0.15) is 0 Å². The van der Waals surface area contributed by atoms with Gasteiger partial charge >= 0.3 is 0 Å². The van der Waals surface area contributed by atoms with Gasteiger partial charge in [-0.05, 0) is 29.8 Å². The molecule has 0 aliphatic carbocycles. The van der Waals surface area contributed by atoms with Crippen LogP contribution in [0.15, 0.2) is 47.0 Å². The summed E-state index contributed by atoms with van der Waals surface area (Å²) in [5, 5.41) is 8.57. The Morgan fingerprint density at radius 3 is 2.75 bits per heavy atom. The van der Waals surface area contributed by atoms with E-state index in [0.29, 0.717) is 17.3 Å². The van der Waals surface area contributed by atoms with E-state index in [1.807, 2.05) is 36.4 Å². The van der Waals surface area contributed by atoms with Gasteiger partial charge in [0.15, 0.2) is 5.82 Å². The van der Waals surface area contributed by atoms with Gasteiger partial charge in [-0.15, -0.1) is 0 Å². The number of hydrogen-bond acceptors (Lipinski definition) is 4. The predicted octanol–water partition coefficient (Wildman–Crippen LogP) is 2.46. The first-order valence-electron chi connectivity index (χ1n) is 6.28. The highest BCUT2D eigenvalue weighted by Gasteiger charge is 2.08. The largest absolute Gasteiger partial charge is 0.343 e. The molecule has 1 N–H and O–H groups in total. The number of amides is 1. The summed E-state index contributed by atoms with van der Waals surface area (Å²) in [5.41, 5.74) is 0.611. The van der Waals surface area contributed by atoms with Gasteiger partial charge in [-0.1, -0.05) is 35.5 Å². The zero-order valence-corrected chi connectivity index (χ0v) is 11.0. The first-order chi connectivity index (χ1) is 9.72. The summed E-state index contributed by atoms with van der Waals surface area (Å²) < 4.78 is 4.94. The molecule has 3 aromatic rings. The highest BCUT2D eigenvalue weighted by molar-refractivity contribution is 5.98. The summed E-state index contributed by atoms with van der Waals surface area (Å²) in [5.74, 6) is 0.795. The summed E-state index contributed by atoms with van der Waals surface area (Å²) in [4.78, 5) is 16.1. The Bertz CT molecular complexity index is 764. The van der Waals surface area contributed by atoms with Gasteiger partial charge in [-0.2, -0.15) is 4.98 Å². The molecule has 20 heavy (non-hydrogen) atoms. The summed E-state index contributed by atoms with van der Waals surface area (Å²) in [7, 11) is 0. The van der Waals surface area contributed by atoms with Crippen molar-refractivity contribution in [3.8, 4) is 0 Å². The molecule has 0 spiro atoms. The summed E-state index contributed by atoms with van der Waals surface area (Å²) in [6.07, 6.45) is 0. The van der Waals surface area contributed by atoms with Gasteiger partial charge in [-0.25, -0.2) is 0 Å². The van der Waals surface area contributed by atoms with Crippen molar-refractivity contribution in [2.75, 3.05) is 0 Å². The Labute approximate surface area is 115 Å². The number of fused-ring (bicyclic) bond motifs is 1. The molecule has 1 amide bonds. The van der Waals surface area contributed by atoms with Crippen LogP contribution in [0.25, 0.3) is 10.8 Å². The molecule has 0 saturated carbocycles. The second kappa shape index (κ2) is 5.13. The van der Waals surface area contributed by atoms with Gasteiger partial charge in [0.2, 0.25) is 5.89 Å². The van der Waals surface area contributed by atoms with Gasteiger partial charge in [0.05, 0.1) is 6.54 Å². The minimum absolute atomic E-state index is 0.161. The van der Waals surface area contributed by atoms with E-state index in [1.165, 1.54) is 0 Å². The molecule has 0 saturated heterocycles. The minimum atomic E-state index is -0.161. The van der Waals surface area contributed by atoms with E-state index in [4.69, 9.17) is 4.52 Å². The molecule has 0 atom stereocenters. The quantitative estimate of drug-likeness (QED) is 0.791. The van der Waals surface area contributed by atoms with Crippen LogP contribution in [0.4, 0.5) is 0 Å². The first kappa shape index (κ1) is 12.3. The third-order valence-corrected chi connectivity index (χ3v) is 2.98. The second-order valence-electron chi connectivity index (χ2n) is 4.48. The smallest absolute Gasteiger partial charge is 0.251 e. The first-order valence-corrected chi connectivity index (χ1v) is 6.28. The Balaban J connectivity index is 1.75. The Hall–Kier alpha value is -2.69. The number of aromatic nitrogens is 2. The Morgan fingerprint density at radius 2 is 2.00 bits per heavy atom. The molecule has 0 bridgehead atoms. The van der Waals surface area contributed by atoms with E-state index in [2.05, 4.69) is 15.5 Å². The lowest BCUT2D eigenvalue weighted by Crippen LogP contribution is -2.22. The van der Waals surface area contributed by atoms with Crippen LogP contribution in [0.1, 0.15) is 22.1 Å². The van der Waals surface area contributed by atoms with Crippen molar-refractivity contribution in [2.24, 2.45) is 0 Å². The molecule has 0 fully saturated rings. The van der Waals surface area contributed by atoms with Crippen LogP contribution < -0.4 is 5.32 Å². The highest BCUT2D eigenvalue weighted by atomic mass is 16.5. The maximum absolute atomic E-state index is 12.1. The molecule has 2 aromatic carbocycles. The summed E-state index contributed by atoms with van der Waals surface area (Å²) in [6.45, 7) is 1.96. The van der Waals surface area contributed by atoms with Crippen LogP contribution in [0.2, 0.25) is 0 Å². The second-order valence-corrected chi connectivity index (χ2v) is 4.48. The third-order valence-electron chi connectivity index (χ3n) is 2.98. The van der Waals surface area contributed by atoms with E-state index in [-0.39, 0.29) is 12.5 Å². The molecule has 0 radical (unpaired) electrons. The van der Waals surface area contributed by atoms with Crippen LogP contribution in [-0.4, -0.2) is 16.0 Å². The van der Waals surface area contributed by atoms with Crippen molar-refractivity contribution in [1.29, 1.82) is 0 Å². The van der Waals surface area contributed by atoms with E-state index >= 15 is 0 Å². The summed E-state index contributed by atoms with van der Waals surface area (Å²) >= 11 is 0. The number of carbonyl (C=O) groups is 1. The van der Waals surface area contributed by atoms with Crippen LogP contribution in [-0.2, 0) is 6.54 Å². The zero-order chi connectivity index (χ0) is 13.9. The molecule has 1 aromatic heterocycles. The number of hydrogen-bond donors (Lipinski definition) is 1. The minimum Gasteiger partial charge on any atom is -0.343 e. The molecule has 5 nitrogen and oxygen atoms in total. The Kier molecular flexibility index (Phi) is 3.16. The number of nitrogens with zero attached hydrogens (tertiary/aromatic N) is 2. The zero-order valence-electron chi connectivity index (χ0n) is 11.0. The number of rotatable bonds is 3. The Morgan fingerprint density at radius 1 is 1.20 bits per heavy atom. The molecule has 1 heterocycles. The maximum atomic E-state index is 12.1. The van der Waals surface area contributed by atoms with E-state index in [0.717, 1.165) is 10.8 Å². The van der Waals surface area contributed by atoms with Crippen molar-refractivity contribution in [2.45, 2.75) is 13.5 Å². The van der Waals surface area contributed by atoms with Gasteiger partial charge in [0.25, 0.3) is 5.91 Å². The van der Waals surface area contributed by atoms with Crippen molar-refractivity contribution < 1.29 is 9.32 Å². The highest BCUT2D eigenvalue weighted by Crippen LogP contribution is 2.15. The van der Waals surface area contributed by atoms with E-state index in [9.17, 15) is 4.79 Å². The lowest BCUT2D eigenvalue weighted by molar-refractivity contribution is 0.0946. The molecule has 100 valence electrons. The van der Waals surface area contributed by atoms with Gasteiger partial charge in [-0.3, -0.25) is 4.79 Å². The maximum Gasteiger partial charge on any atom is 0.251 e. The lowest BCUT2D eigenvalue weighted by Gasteiger charge is -2.04. The molecular weight excluding hydrogens is 254 g/mol. The average Bonchev–Trinajstić information content (AvgIpc) is 2.90. The topological polar surface area (TPSA) is 68.0 Å². The van der Waals surface area contributed by atoms with Crippen LogP contribution in [0.5, 0.6) is 0 Å². The third kappa shape index (κ3) is 2.51. The van der Waals surface area contributed by atoms with E-state index < -0.39 is 0 Å². The van der Waals surface area contributed by atoms with Crippen LogP contribution in [0.3, 0.4) is 0 Å². The fourth-order valence-electron chi connectivity index (χ4n) is 2.00. The molecule has 0 unspecified atom stereocenters. The fourth-order valence-corrected chi connectivity index (χ4v) is 2.00. The van der Waals surface area contributed by atoms with Crippen LogP contribution in [0, 0.1) is 6.92 Å². The van der Waals surface area contributed by atoms with Crippen molar-refractivity contribution in [3.63, 3.8) is 0 Å². The standard InChI is InChI=1S/C15H13N3O2/c1-10-17-14(20-18-10)9-16-15(19)13-7-6-11-4-2-3-5-12(11)8-13/h2-8H,9H2,1H3,(H,16,19). The number of aryl methyl sites for hydroxylation is 1. The molecule has 3 rings (SSSR count). The molecule has 0 aliphatic heterocycles. The van der Waals surface area contributed by atoms with Crippen molar-refractivity contribution in [3.05, 3.63) is 59.7 Å². The number of benzene rings is 2. The number of nitrogens with one attached hydrogen (secondary N) is 1. The van der Waals surface area contributed by atoms with E-state index in [1.54, 1.807) is 13.0 Å². The normalized spacial score (nSPS) is 10.7. The van der Waals surface area contributed by atoms with Gasteiger partial charge < -0.3 is 9.84 Å². The number of carbonyl (C=O) groups excluding carboxylic acids is 1. The lowest BCUT2D eigenvalue weighted by atomic mass is 10.1. The van der Waals surface area contributed by atoms with Crippen molar-refractivity contribution in [1.82, 2.24) is 15.5 Å². The average molecular weight is 267 g/mol. The van der Waals surface area contributed by atoms with Crippen LogP contribution >= 0.6 is 0 Å². The van der Waals surface area contributed by atoms with Crippen molar-refractivity contribution >= 4 is 16.7 Å². The molecular formula is C15H13N3O2.